The van der Waals surface area contributed by atoms with Gasteiger partial charge in [-0.1, -0.05) is 11.3 Å². The quantitative estimate of drug-likeness (QED) is 0.851. The zero-order chi connectivity index (χ0) is 14.8. The molecule has 0 saturated heterocycles. The zero-order valence-electron chi connectivity index (χ0n) is 12.2. The largest absolute Gasteiger partial charge is 0.497 e. The number of amides is 1. The number of fused-ring (bicyclic) bond motifs is 1. The van der Waals surface area contributed by atoms with Gasteiger partial charge >= 0.3 is 0 Å². The number of methoxy groups -OCH3 is 2. The lowest BCUT2D eigenvalue weighted by Gasteiger charge is -2.04. The summed E-state index contributed by atoms with van der Waals surface area (Å²) in [5.41, 5.74) is 1.06. The number of thiazole rings is 1. The van der Waals surface area contributed by atoms with E-state index in [-0.39, 0.29) is 11.8 Å². The van der Waals surface area contributed by atoms with Crippen LogP contribution in [0.3, 0.4) is 0 Å². The minimum absolute atomic E-state index is 0.000289. The van der Waals surface area contributed by atoms with Crippen molar-refractivity contribution in [2.75, 3.05) is 20.8 Å². The van der Waals surface area contributed by atoms with Gasteiger partial charge in [-0.15, -0.1) is 0 Å². The Morgan fingerprint density at radius 2 is 2.24 bits per heavy atom. The molecule has 1 aliphatic carbocycles. The van der Waals surface area contributed by atoms with Gasteiger partial charge in [-0.3, -0.25) is 4.79 Å². The molecule has 0 unspecified atom stereocenters. The van der Waals surface area contributed by atoms with Crippen molar-refractivity contribution >= 4 is 27.5 Å². The van der Waals surface area contributed by atoms with Crippen molar-refractivity contribution in [2.24, 2.45) is 10.9 Å². The fraction of sp³-hybridized carbons (Fsp3) is 0.467. The molecule has 0 N–H and O–H groups in total. The summed E-state index contributed by atoms with van der Waals surface area (Å²) in [4.78, 5) is 17.0. The number of nitrogens with zero attached hydrogens (tertiary/aromatic N) is 2. The molecule has 0 bridgehead atoms. The van der Waals surface area contributed by atoms with Crippen molar-refractivity contribution in [3.8, 4) is 5.75 Å². The third-order valence-electron chi connectivity index (χ3n) is 3.54. The van der Waals surface area contributed by atoms with Gasteiger partial charge in [0, 0.05) is 19.6 Å². The van der Waals surface area contributed by atoms with Gasteiger partial charge in [0.2, 0.25) is 0 Å². The second kappa shape index (κ2) is 5.99. The van der Waals surface area contributed by atoms with E-state index in [1.54, 1.807) is 14.2 Å². The van der Waals surface area contributed by atoms with E-state index in [4.69, 9.17) is 9.47 Å². The first kappa shape index (κ1) is 14.3. The molecule has 3 rings (SSSR count). The fourth-order valence-electron chi connectivity index (χ4n) is 2.18. The summed E-state index contributed by atoms with van der Waals surface area (Å²) >= 11 is 1.52. The molecule has 0 aliphatic heterocycles. The number of carbonyl (C=O) groups excluding carboxylic acids is 1. The van der Waals surface area contributed by atoms with Crippen molar-refractivity contribution in [3.05, 3.63) is 23.0 Å². The maximum Gasteiger partial charge on any atom is 0.251 e. The SMILES string of the molecule is COCCn1c(=NC(=O)C2CC2)sc2cc(OC)ccc21. The number of carbonyl (C=O) groups is 1. The summed E-state index contributed by atoms with van der Waals surface area (Å²) in [5.74, 6) is 0.947. The predicted molar refractivity (Wildman–Crippen MR) is 81.5 cm³/mol. The molecule has 0 atom stereocenters. The maximum absolute atomic E-state index is 12.0. The highest BCUT2D eigenvalue weighted by Crippen LogP contribution is 2.30. The lowest BCUT2D eigenvalue weighted by atomic mass is 10.3. The van der Waals surface area contributed by atoms with Crippen LogP contribution >= 0.6 is 11.3 Å². The summed E-state index contributed by atoms with van der Waals surface area (Å²) < 4.78 is 13.5. The molecule has 0 spiro atoms. The molecule has 112 valence electrons. The summed E-state index contributed by atoms with van der Waals surface area (Å²) in [6.07, 6.45) is 1.94. The molecule has 6 heteroatoms. The fourth-order valence-corrected chi connectivity index (χ4v) is 3.27. The van der Waals surface area contributed by atoms with Crippen LogP contribution in [0.25, 0.3) is 10.2 Å². The Morgan fingerprint density at radius 1 is 1.43 bits per heavy atom. The molecule has 5 nitrogen and oxygen atoms in total. The van der Waals surface area contributed by atoms with E-state index in [9.17, 15) is 4.79 Å². The number of aromatic nitrogens is 1. The van der Waals surface area contributed by atoms with Crippen LogP contribution in [-0.2, 0) is 16.1 Å². The predicted octanol–water partition coefficient (Wildman–Crippen LogP) is 2.20. The van der Waals surface area contributed by atoms with Crippen LogP contribution in [0.15, 0.2) is 23.2 Å². The molecular formula is C15H18N2O3S. The minimum Gasteiger partial charge on any atom is -0.497 e. The van der Waals surface area contributed by atoms with Crippen LogP contribution in [0, 0.1) is 5.92 Å². The highest BCUT2D eigenvalue weighted by Gasteiger charge is 2.29. The van der Waals surface area contributed by atoms with Crippen LogP contribution in [0.5, 0.6) is 5.75 Å². The van der Waals surface area contributed by atoms with Crippen molar-refractivity contribution in [3.63, 3.8) is 0 Å². The molecule has 2 aromatic rings. The van der Waals surface area contributed by atoms with Gasteiger partial charge in [0.25, 0.3) is 5.91 Å². The lowest BCUT2D eigenvalue weighted by Crippen LogP contribution is -2.19. The smallest absolute Gasteiger partial charge is 0.251 e. The van der Waals surface area contributed by atoms with E-state index >= 15 is 0 Å². The molecule has 1 aromatic carbocycles. The average Bonchev–Trinajstić information content (AvgIpc) is 3.28. The molecule has 1 aromatic heterocycles. The first-order valence-corrected chi connectivity index (χ1v) is 7.79. The Labute approximate surface area is 126 Å². The molecule has 1 saturated carbocycles. The van der Waals surface area contributed by atoms with Crippen molar-refractivity contribution < 1.29 is 14.3 Å². The molecule has 1 heterocycles. The number of rotatable bonds is 5. The monoisotopic (exact) mass is 306 g/mol. The maximum atomic E-state index is 12.0. The van der Waals surface area contributed by atoms with E-state index in [2.05, 4.69) is 4.99 Å². The zero-order valence-corrected chi connectivity index (χ0v) is 13.0. The second-order valence-corrected chi connectivity index (χ2v) is 6.10. The molecule has 1 fully saturated rings. The Morgan fingerprint density at radius 3 is 2.90 bits per heavy atom. The van der Waals surface area contributed by atoms with E-state index in [1.165, 1.54) is 11.3 Å². The van der Waals surface area contributed by atoms with Gasteiger partial charge in [0.05, 0.1) is 23.9 Å². The minimum atomic E-state index is -0.000289. The van der Waals surface area contributed by atoms with Crippen LogP contribution in [0.1, 0.15) is 12.8 Å². The standard InChI is InChI=1S/C15H18N2O3S/c1-19-8-7-17-12-6-5-11(20-2)9-13(12)21-15(17)16-14(18)10-3-4-10/h5-6,9-10H,3-4,7-8H2,1-2H3. The third-order valence-corrected chi connectivity index (χ3v) is 4.58. The highest BCUT2D eigenvalue weighted by atomic mass is 32.1. The Kier molecular flexibility index (Phi) is 4.07. The van der Waals surface area contributed by atoms with Crippen molar-refractivity contribution in [1.82, 2.24) is 4.57 Å². The summed E-state index contributed by atoms with van der Waals surface area (Å²) in [6, 6.07) is 5.90. The normalized spacial score (nSPS) is 15.6. The third kappa shape index (κ3) is 3.01. The first-order chi connectivity index (χ1) is 10.2. The number of hydrogen-bond acceptors (Lipinski definition) is 4. The average molecular weight is 306 g/mol. The van der Waals surface area contributed by atoms with E-state index < -0.39 is 0 Å². The summed E-state index contributed by atoms with van der Waals surface area (Å²) in [5, 5.41) is 0. The molecule has 21 heavy (non-hydrogen) atoms. The van der Waals surface area contributed by atoms with Crippen LogP contribution in [0.4, 0.5) is 0 Å². The molecule has 1 amide bonds. The molecule has 0 radical (unpaired) electrons. The second-order valence-electron chi connectivity index (χ2n) is 5.09. The summed E-state index contributed by atoms with van der Waals surface area (Å²) in [7, 11) is 3.32. The lowest BCUT2D eigenvalue weighted by molar-refractivity contribution is -0.119. The highest BCUT2D eigenvalue weighted by molar-refractivity contribution is 7.16. The van der Waals surface area contributed by atoms with Crippen molar-refractivity contribution in [2.45, 2.75) is 19.4 Å². The number of benzene rings is 1. The Hall–Kier alpha value is -1.66. The Bertz CT molecular complexity index is 728. The van der Waals surface area contributed by atoms with Crippen molar-refractivity contribution in [1.29, 1.82) is 0 Å². The summed E-state index contributed by atoms with van der Waals surface area (Å²) in [6.45, 7) is 1.27. The van der Waals surface area contributed by atoms with Gasteiger partial charge in [0.15, 0.2) is 4.80 Å². The molecular weight excluding hydrogens is 288 g/mol. The Balaban J connectivity index is 2.09. The number of hydrogen-bond donors (Lipinski definition) is 0. The van der Waals surface area contributed by atoms with Gasteiger partial charge in [-0.2, -0.15) is 4.99 Å². The van der Waals surface area contributed by atoms with E-state index in [0.717, 1.165) is 33.6 Å². The van der Waals surface area contributed by atoms with Crippen LogP contribution in [-0.4, -0.2) is 31.3 Å². The number of ether oxygens (including phenoxy) is 2. The van der Waals surface area contributed by atoms with Gasteiger partial charge in [-0.05, 0) is 31.0 Å². The topological polar surface area (TPSA) is 52.8 Å². The van der Waals surface area contributed by atoms with Gasteiger partial charge in [0.1, 0.15) is 5.75 Å². The van der Waals surface area contributed by atoms with E-state index in [0.29, 0.717) is 13.2 Å². The molecule has 1 aliphatic rings. The van der Waals surface area contributed by atoms with Crippen LogP contribution in [0.2, 0.25) is 0 Å². The van der Waals surface area contributed by atoms with Gasteiger partial charge in [-0.25, -0.2) is 0 Å². The van der Waals surface area contributed by atoms with Crippen LogP contribution < -0.4 is 9.54 Å². The first-order valence-electron chi connectivity index (χ1n) is 6.98. The van der Waals surface area contributed by atoms with Gasteiger partial charge < -0.3 is 14.0 Å². The van der Waals surface area contributed by atoms with E-state index in [1.807, 2.05) is 22.8 Å².